The van der Waals surface area contributed by atoms with Gasteiger partial charge in [0.2, 0.25) is 0 Å². The molecular formula is C27H34O11. The smallest absolute Gasteiger partial charge is 0.334 e. The van der Waals surface area contributed by atoms with Gasteiger partial charge in [0, 0.05) is 27.5 Å². The second-order valence-electron chi connectivity index (χ2n) is 10.9. The third-order valence-electron chi connectivity index (χ3n) is 8.93. The van der Waals surface area contributed by atoms with Crippen LogP contribution in [0.5, 0.6) is 0 Å². The summed E-state index contributed by atoms with van der Waals surface area (Å²) in [6.45, 7) is 3.22. The van der Waals surface area contributed by atoms with E-state index in [0.29, 0.717) is 30.4 Å². The van der Waals surface area contributed by atoms with Gasteiger partial charge >= 0.3 is 11.9 Å². The van der Waals surface area contributed by atoms with Crippen molar-refractivity contribution >= 4 is 11.9 Å². The molecule has 0 bridgehead atoms. The van der Waals surface area contributed by atoms with E-state index in [1.165, 1.54) is 13.4 Å². The van der Waals surface area contributed by atoms with Gasteiger partial charge in [0.25, 0.3) is 0 Å². The fourth-order valence-corrected chi connectivity index (χ4v) is 6.87. The number of carbonyl (C=O) groups is 2. The molecule has 0 saturated carbocycles. The lowest BCUT2D eigenvalue weighted by molar-refractivity contribution is -0.317. The number of carbonyl (C=O) groups excluding carboxylic acids is 2. The largest absolute Gasteiger partial charge is 0.472 e. The quantitative estimate of drug-likeness (QED) is 0.397. The first kappa shape index (κ1) is 27.0. The standard InChI is InChI=1S/C27H34O11/c1-26-10-16(13-7-8-35-12-13)36-24(33)15(26)9-19(27(2)14(23(32)34-3)5-4-6-18(26)27)38-25-22(31)21(30)20(29)17(11-28)37-25/h5,7-9,12,16-22,25,28-31H,4,6,10-11H2,1-3H3/t16-,17+,18-,19-,20+,21-,22+,25-,26+,27-/m0/s1. The molecule has 5 rings (SSSR count). The first-order valence-electron chi connectivity index (χ1n) is 12.8. The number of furan rings is 1. The fraction of sp³-hybridized carbons (Fsp3) is 0.630. The molecule has 0 radical (unpaired) electrons. The first-order chi connectivity index (χ1) is 18.1. The number of aliphatic hydroxyl groups excluding tert-OH is 4. The van der Waals surface area contributed by atoms with E-state index in [-0.39, 0.29) is 5.92 Å². The van der Waals surface area contributed by atoms with E-state index in [0.717, 1.165) is 5.56 Å². The normalized spacial score (nSPS) is 42.8. The maximum absolute atomic E-state index is 13.4. The molecule has 4 aliphatic rings. The van der Waals surface area contributed by atoms with Crippen molar-refractivity contribution in [3.05, 3.63) is 47.5 Å². The maximum atomic E-state index is 13.4. The second-order valence-corrected chi connectivity index (χ2v) is 10.9. The van der Waals surface area contributed by atoms with E-state index < -0.39 is 72.3 Å². The van der Waals surface area contributed by atoms with E-state index >= 15 is 0 Å². The number of esters is 2. The first-order valence-corrected chi connectivity index (χ1v) is 12.8. The van der Waals surface area contributed by atoms with E-state index in [1.807, 2.05) is 19.9 Å². The highest BCUT2D eigenvalue weighted by Gasteiger charge is 2.63. The van der Waals surface area contributed by atoms with E-state index in [4.69, 9.17) is 23.4 Å². The van der Waals surface area contributed by atoms with Crippen LogP contribution in [0.4, 0.5) is 0 Å². The number of allylic oxidation sites excluding steroid dienone is 1. The Labute approximate surface area is 219 Å². The fourth-order valence-electron chi connectivity index (χ4n) is 6.87. The minimum Gasteiger partial charge on any atom is -0.472 e. The van der Waals surface area contributed by atoms with Gasteiger partial charge in [-0.15, -0.1) is 0 Å². The molecule has 0 spiro atoms. The lowest BCUT2D eigenvalue weighted by atomic mass is 9.48. The summed E-state index contributed by atoms with van der Waals surface area (Å²) in [5.74, 6) is -1.35. The second kappa shape index (κ2) is 9.89. The Morgan fingerprint density at radius 2 is 1.95 bits per heavy atom. The molecule has 2 aliphatic heterocycles. The molecule has 0 unspecified atom stereocenters. The summed E-state index contributed by atoms with van der Waals surface area (Å²) in [6, 6.07) is 1.75. The van der Waals surface area contributed by atoms with Gasteiger partial charge in [0.05, 0.1) is 32.3 Å². The van der Waals surface area contributed by atoms with Gasteiger partial charge in [-0.3, -0.25) is 0 Å². The molecule has 4 N–H and O–H groups in total. The molecule has 0 aromatic carbocycles. The Balaban J connectivity index is 1.59. The molecule has 11 nitrogen and oxygen atoms in total. The third kappa shape index (κ3) is 4.04. The van der Waals surface area contributed by atoms with Crippen LogP contribution in [0.1, 0.15) is 44.8 Å². The molecular weight excluding hydrogens is 500 g/mol. The predicted molar refractivity (Wildman–Crippen MR) is 128 cm³/mol. The molecule has 2 saturated heterocycles. The molecule has 11 heteroatoms. The summed E-state index contributed by atoms with van der Waals surface area (Å²) in [5, 5.41) is 40.8. The highest BCUT2D eigenvalue weighted by Crippen LogP contribution is 2.63. The lowest BCUT2D eigenvalue weighted by Gasteiger charge is -2.58. The van der Waals surface area contributed by atoms with Gasteiger partial charge in [0.15, 0.2) is 6.29 Å². The lowest BCUT2D eigenvalue weighted by Crippen LogP contribution is -2.62. The zero-order valence-electron chi connectivity index (χ0n) is 21.5. The molecule has 1 aromatic heterocycles. The molecule has 2 fully saturated rings. The van der Waals surface area contributed by atoms with Crippen molar-refractivity contribution in [2.45, 2.75) is 76.0 Å². The van der Waals surface area contributed by atoms with Gasteiger partial charge < -0.3 is 43.8 Å². The monoisotopic (exact) mass is 534 g/mol. The van der Waals surface area contributed by atoms with Crippen LogP contribution in [0, 0.1) is 16.7 Å². The van der Waals surface area contributed by atoms with E-state index in [9.17, 15) is 30.0 Å². The summed E-state index contributed by atoms with van der Waals surface area (Å²) in [4.78, 5) is 26.5. The third-order valence-corrected chi connectivity index (χ3v) is 8.93. The van der Waals surface area contributed by atoms with Crippen LogP contribution in [0.2, 0.25) is 0 Å². The molecule has 38 heavy (non-hydrogen) atoms. The minimum absolute atomic E-state index is 0.286. The predicted octanol–water partition coefficient (Wildman–Crippen LogP) is 0.915. The molecule has 2 aliphatic carbocycles. The number of rotatable bonds is 5. The molecule has 0 amide bonds. The number of fused-ring (bicyclic) bond motifs is 3. The van der Waals surface area contributed by atoms with Crippen LogP contribution in [0.25, 0.3) is 0 Å². The number of hydrogen-bond acceptors (Lipinski definition) is 11. The SMILES string of the molecule is COC(=O)C1=CCC[C@@H]2[C@@]1(C)[C@@H](O[C@@H]1O[C@H](CO)[C@@H](O)[C@H](O)[C@H]1O)C=C1C(=O)O[C@H](c3ccoc3)C[C@]12C. The number of methoxy groups -OCH3 is 1. The summed E-state index contributed by atoms with van der Waals surface area (Å²) >= 11 is 0. The summed E-state index contributed by atoms with van der Waals surface area (Å²) in [7, 11) is 1.29. The summed E-state index contributed by atoms with van der Waals surface area (Å²) in [6.07, 6.45) is -0.890. The summed E-state index contributed by atoms with van der Waals surface area (Å²) < 4.78 is 28.0. The van der Waals surface area contributed by atoms with Crippen LogP contribution < -0.4 is 0 Å². The Kier molecular flexibility index (Phi) is 7.04. The number of hydrogen-bond donors (Lipinski definition) is 4. The number of ether oxygens (including phenoxy) is 4. The Bertz CT molecular complexity index is 1120. The van der Waals surface area contributed by atoms with Gasteiger partial charge in [-0.1, -0.05) is 19.9 Å². The van der Waals surface area contributed by atoms with Crippen molar-refractivity contribution in [1.82, 2.24) is 0 Å². The Morgan fingerprint density at radius 1 is 1.18 bits per heavy atom. The Morgan fingerprint density at radius 3 is 2.61 bits per heavy atom. The van der Waals surface area contributed by atoms with Gasteiger partial charge in [0.1, 0.15) is 30.5 Å². The van der Waals surface area contributed by atoms with Gasteiger partial charge in [-0.2, -0.15) is 0 Å². The van der Waals surface area contributed by atoms with Crippen molar-refractivity contribution in [3.63, 3.8) is 0 Å². The number of cyclic esters (lactones) is 1. The van der Waals surface area contributed by atoms with Crippen molar-refractivity contribution in [3.8, 4) is 0 Å². The van der Waals surface area contributed by atoms with Crippen LogP contribution in [-0.2, 0) is 28.5 Å². The van der Waals surface area contributed by atoms with Crippen molar-refractivity contribution in [1.29, 1.82) is 0 Å². The minimum atomic E-state index is -1.65. The van der Waals surface area contributed by atoms with Crippen LogP contribution >= 0.6 is 0 Å². The molecule has 10 atom stereocenters. The van der Waals surface area contributed by atoms with Crippen molar-refractivity contribution in [2.75, 3.05) is 13.7 Å². The molecule has 1 aromatic rings. The zero-order chi connectivity index (χ0) is 27.4. The van der Waals surface area contributed by atoms with E-state index in [1.54, 1.807) is 18.4 Å². The van der Waals surface area contributed by atoms with Crippen LogP contribution in [0.15, 0.2) is 46.3 Å². The highest BCUT2D eigenvalue weighted by atomic mass is 16.7. The van der Waals surface area contributed by atoms with E-state index in [2.05, 4.69) is 0 Å². The van der Waals surface area contributed by atoms with Crippen molar-refractivity contribution < 1.29 is 53.4 Å². The number of aliphatic hydroxyl groups is 4. The Hall–Kier alpha value is -2.54. The van der Waals surface area contributed by atoms with Gasteiger partial charge in [-0.05, 0) is 37.3 Å². The van der Waals surface area contributed by atoms with Crippen LogP contribution in [0.3, 0.4) is 0 Å². The average Bonchev–Trinajstić information content (AvgIpc) is 3.44. The molecule has 208 valence electrons. The average molecular weight is 535 g/mol. The topological polar surface area (TPSA) is 165 Å². The zero-order valence-corrected chi connectivity index (χ0v) is 21.5. The molecule has 3 heterocycles. The van der Waals surface area contributed by atoms with Crippen LogP contribution in [-0.4, -0.2) is 82.9 Å². The van der Waals surface area contributed by atoms with Gasteiger partial charge in [-0.25, -0.2) is 9.59 Å². The highest BCUT2D eigenvalue weighted by molar-refractivity contribution is 5.94. The maximum Gasteiger partial charge on any atom is 0.334 e. The van der Waals surface area contributed by atoms with Crippen molar-refractivity contribution in [2.24, 2.45) is 16.7 Å². The summed E-state index contributed by atoms with van der Waals surface area (Å²) in [5.41, 5.74) is -0.239.